The largest absolute Gasteiger partial charge is 0.476 e. The molecule has 0 aliphatic heterocycles. The summed E-state index contributed by atoms with van der Waals surface area (Å²) in [4.78, 5) is 28.2. The van der Waals surface area contributed by atoms with Crippen LogP contribution in [0.3, 0.4) is 0 Å². The van der Waals surface area contributed by atoms with Gasteiger partial charge in [0.25, 0.3) is 5.56 Å². The van der Waals surface area contributed by atoms with Gasteiger partial charge >= 0.3 is 5.97 Å². The van der Waals surface area contributed by atoms with E-state index in [2.05, 4.69) is 15.2 Å². The van der Waals surface area contributed by atoms with E-state index in [1.807, 2.05) is 38.1 Å². The van der Waals surface area contributed by atoms with Crippen molar-refractivity contribution < 1.29 is 14.4 Å². The second-order valence-electron chi connectivity index (χ2n) is 8.46. The van der Waals surface area contributed by atoms with Crippen molar-refractivity contribution in [2.75, 3.05) is 0 Å². The van der Waals surface area contributed by atoms with Gasteiger partial charge < -0.3 is 14.6 Å². The van der Waals surface area contributed by atoms with Crippen LogP contribution in [0.25, 0.3) is 28.0 Å². The second-order valence-corrected chi connectivity index (χ2v) is 8.46. The summed E-state index contributed by atoms with van der Waals surface area (Å²) in [5.41, 5.74) is 5.05. The summed E-state index contributed by atoms with van der Waals surface area (Å²) in [6.07, 6.45) is 5.19. The first-order valence-corrected chi connectivity index (χ1v) is 10.9. The van der Waals surface area contributed by atoms with Crippen molar-refractivity contribution in [3.05, 3.63) is 63.4 Å². The van der Waals surface area contributed by atoms with Crippen molar-refractivity contribution in [3.8, 4) is 22.4 Å². The van der Waals surface area contributed by atoms with E-state index in [4.69, 9.17) is 4.52 Å². The van der Waals surface area contributed by atoms with Gasteiger partial charge in [-0.1, -0.05) is 48.7 Å². The Hall–Kier alpha value is -3.68. The Morgan fingerprint density at radius 2 is 1.81 bits per heavy atom. The van der Waals surface area contributed by atoms with E-state index in [1.54, 1.807) is 0 Å². The standard InChI is InChI=1S/C24H24N4O4/c1-13-20(14(2)32-27-13)16-8-10-17(11-9-16)22-21(15-6-4-3-5-7-15)23(29)28-19(25-22)12-18(26-28)24(30)31/h8-12,15,25H,3-7H2,1-2H3,(H,30,31). The lowest BCUT2D eigenvalue weighted by Crippen LogP contribution is -2.25. The number of aromatic nitrogens is 4. The fourth-order valence-corrected chi connectivity index (χ4v) is 4.84. The molecule has 0 radical (unpaired) electrons. The van der Waals surface area contributed by atoms with E-state index in [9.17, 15) is 14.7 Å². The zero-order chi connectivity index (χ0) is 22.4. The number of hydrogen-bond donors (Lipinski definition) is 2. The Morgan fingerprint density at radius 3 is 2.44 bits per heavy atom. The molecule has 164 valence electrons. The van der Waals surface area contributed by atoms with Crippen LogP contribution in [0, 0.1) is 13.8 Å². The molecule has 1 fully saturated rings. The number of aromatic amines is 1. The molecule has 1 saturated carbocycles. The maximum Gasteiger partial charge on any atom is 0.356 e. The maximum atomic E-state index is 13.5. The highest BCUT2D eigenvalue weighted by atomic mass is 16.5. The molecule has 1 aliphatic rings. The van der Waals surface area contributed by atoms with Gasteiger partial charge in [-0.25, -0.2) is 4.79 Å². The van der Waals surface area contributed by atoms with Crippen LogP contribution in [0.5, 0.6) is 0 Å². The summed E-state index contributed by atoms with van der Waals surface area (Å²) in [5, 5.41) is 17.4. The number of rotatable bonds is 4. The van der Waals surface area contributed by atoms with Gasteiger partial charge in [0.05, 0.1) is 11.4 Å². The number of aryl methyl sites for hydroxylation is 2. The van der Waals surface area contributed by atoms with Gasteiger partial charge in [-0.2, -0.15) is 9.61 Å². The highest BCUT2D eigenvalue weighted by Gasteiger charge is 2.26. The Labute approximate surface area is 183 Å². The second kappa shape index (κ2) is 7.78. The molecule has 5 rings (SSSR count). The van der Waals surface area contributed by atoms with Crippen molar-refractivity contribution in [1.82, 2.24) is 19.8 Å². The van der Waals surface area contributed by atoms with Crippen LogP contribution in [0.4, 0.5) is 0 Å². The third-order valence-electron chi connectivity index (χ3n) is 6.38. The lowest BCUT2D eigenvalue weighted by molar-refractivity contribution is 0.0690. The zero-order valence-corrected chi connectivity index (χ0v) is 18.0. The van der Waals surface area contributed by atoms with Gasteiger partial charge in [0.1, 0.15) is 11.4 Å². The number of H-pyrrole nitrogens is 1. The van der Waals surface area contributed by atoms with Gasteiger partial charge in [0.2, 0.25) is 0 Å². The number of carboxylic acids is 1. The number of fused-ring (bicyclic) bond motifs is 1. The minimum Gasteiger partial charge on any atom is -0.476 e. The van der Waals surface area contributed by atoms with Crippen molar-refractivity contribution >= 4 is 11.6 Å². The molecule has 1 aliphatic carbocycles. The predicted molar refractivity (Wildman–Crippen MR) is 119 cm³/mol. The number of aromatic carboxylic acids is 1. The Bertz CT molecular complexity index is 1350. The average Bonchev–Trinajstić information content (AvgIpc) is 3.38. The smallest absolute Gasteiger partial charge is 0.356 e. The number of benzene rings is 1. The van der Waals surface area contributed by atoms with Crippen LogP contribution < -0.4 is 5.56 Å². The van der Waals surface area contributed by atoms with Crippen LogP contribution in [0.1, 0.15) is 65.5 Å². The molecule has 4 aromatic rings. The summed E-state index contributed by atoms with van der Waals surface area (Å²) in [6.45, 7) is 3.79. The molecule has 8 heteroatoms. The monoisotopic (exact) mass is 432 g/mol. The molecule has 0 spiro atoms. The fourth-order valence-electron chi connectivity index (χ4n) is 4.84. The predicted octanol–water partition coefficient (Wildman–Crippen LogP) is 4.71. The summed E-state index contributed by atoms with van der Waals surface area (Å²) in [7, 11) is 0. The van der Waals surface area contributed by atoms with Crippen LogP contribution in [0.15, 0.2) is 39.6 Å². The van der Waals surface area contributed by atoms with E-state index >= 15 is 0 Å². The van der Waals surface area contributed by atoms with Crippen LogP contribution in [-0.2, 0) is 0 Å². The van der Waals surface area contributed by atoms with Gasteiger partial charge in [0.15, 0.2) is 5.69 Å². The zero-order valence-electron chi connectivity index (χ0n) is 18.0. The maximum absolute atomic E-state index is 13.5. The summed E-state index contributed by atoms with van der Waals surface area (Å²) in [6, 6.07) is 9.34. The Morgan fingerprint density at radius 1 is 1.12 bits per heavy atom. The first kappa shape index (κ1) is 20.2. The lowest BCUT2D eigenvalue weighted by atomic mass is 9.82. The molecule has 1 aromatic carbocycles. The molecule has 2 N–H and O–H groups in total. The molecule has 0 atom stereocenters. The Balaban J connectivity index is 1.68. The van der Waals surface area contributed by atoms with E-state index in [0.717, 1.165) is 59.5 Å². The molecule has 0 unspecified atom stereocenters. The van der Waals surface area contributed by atoms with Crippen molar-refractivity contribution in [1.29, 1.82) is 0 Å². The third-order valence-corrected chi connectivity index (χ3v) is 6.38. The normalized spacial score (nSPS) is 14.8. The first-order chi connectivity index (χ1) is 15.4. The molecular weight excluding hydrogens is 408 g/mol. The number of carbonyl (C=O) groups is 1. The molecule has 0 amide bonds. The molecule has 3 heterocycles. The first-order valence-electron chi connectivity index (χ1n) is 10.9. The lowest BCUT2D eigenvalue weighted by Gasteiger charge is -2.23. The van der Waals surface area contributed by atoms with E-state index in [1.165, 1.54) is 17.0 Å². The van der Waals surface area contributed by atoms with Crippen molar-refractivity contribution in [2.45, 2.75) is 51.9 Å². The van der Waals surface area contributed by atoms with Gasteiger partial charge in [0, 0.05) is 17.2 Å². The molecule has 0 bridgehead atoms. The van der Waals surface area contributed by atoms with E-state index in [-0.39, 0.29) is 17.2 Å². The number of nitrogens with zero attached hydrogens (tertiary/aromatic N) is 3. The third kappa shape index (κ3) is 3.32. The molecular formula is C24H24N4O4. The quantitative estimate of drug-likeness (QED) is 0.483. The van der Waals surface area contributed by atoms with Gasteiger partial charge in [-0.15, -0.1) is 0 Å². The van der Waals surface area contributed by atoms with E-state index < -0.39 is 5.97 Å². The highest BCUT2D eigenvalue weighted by molar-refractivity contribution is 5.86. The molecule has 32 heavy (non-hydrogen) atoms. The van der Waals surface area contributed by atoms with E-state index in [0.29, 0.717) is 11.2 Å². The van der Waals surface area contributed by atoms with Gasteiger partial charge in [-0.3, -0.25) is 4.79 Å². The summed E-state index contributed by atoms with van der Waals surface area (Å²) < 4.78 is 6.48. The van der Waals surface area contributed by atoms with Gasteiger partial charge in [-0.05, 0) is 43.7 Å². The van der Waals surface area contributed by atoms with Crippen LogP contribution >= 0.6 is 0 Å². The van der Waals surface area contributed by atoms with Crippen LogP contribution in [0.2, 0.25) is 0 Å². The summed E-state index contributed by atoms with van der Waals surface area (Å²) in [5.74, 6) is -0.286. The molecule has 8 nitrogen and oxygen atoms in total. The average molecular weight is 432 g/mol. The molecule has 0 saturated heterocycles. The summed E-state index contributed by atoms with van der Waals surface area (Å²) >= 11 is 0. The van der Waals surface area contributed by atoms with Crippen LogP contribution in [-0.4, -0.2) is 30.8 Å². The highest BCUT2D eigenvalue weighted by Crippen LogP contribution is 2.36. The topological polar surface area (TPSA) is 113 Å². The molecule has 3 aromatic heterocycles. The number of carboxylic acid groups (broad SMARTS) is 1. The SMILES string of the molecule is Cc1noc(C)c1-c1ccc(-c2[nH]c3cc(C(=O)O)nn3c(=O)c2C2CCCCC2)cc1. The van der Waals surface area contributed by atoms with Crippen molar-refractivity contribution in [3.63, 3.8) is 0 Å². The minimum absolute atomic E-state index is 0.117. The minimum atomic E-state index is -1.16. The van der Waals surface area contributed by atoms with Crippen molar-refractivity contribution in [2.24, 2.45) is 0 Å². The Kier molecular flexibility index (Phi) is 4.92. The number of nitrogens with one attached hydrogen (secondary N) is 1. The number of hydrogen-bond acceptors (Lipinski definition) is 5. The fraction of sp³-hybridized carbons (Fsp3) is 0.333.